The van der Waals surface area contributed by atoms with E-state index in [4.69, 9.17) is 9.47 Å². The lowest BCUT2D eigenvalue weighted by atomic mass is 10.1. The summed E-state index contributed by atoms with van der Waals surface area (Å²) in [5.41, 5.74) is 1.12. The number of amides is 2. The van der Waals surface area contributed by atoms with Crippen molar-refractivity contribution < 1.29 is 27.5 Å². The highest BCUT2D eigenvalue weighted by molar-refractivity contribution is 7.92. The number of hydrogen-bond acceptors (Lipinski definition) is 6. The Morgan fingerprint density at radius 3 is 2.37 bits per heavy atom. The van der Waals surface area contributed by atoms with Gasteiger partial charge in [0, 0.05) is 18.7 Å². The Kier molecular flexibility index (Phi) is 8.61. The van der Waals surface area contributed by atoms with Crippen molar-refractivity contribution in [2.45, 2.75) is 52.7 Å². The summed E-state index contributed by atoms with van der Waals surface area (Å²) in [6, 6.07) is 13.2. The van der Waals surface area contributed by atoms with E-state index < -0.39 is 28.5 Å². The quantitative estimate of drug-likeness (QED) is 0.506. The average molecular weight is 504 g/mol. The third-order valence-electron chi connectivity index (χ3n) is 5.99. The smallest absolute Gasteiger partial charge is 0.244 e. The van der Waals surface area contributed by atoms with E-state index >= 15 is 0 Å². The van der Waals surface area contributed by atoms with Crippen molar-refractivity contribution in [3.8, 4) is 11.5 Å². The number of rotatable bonds is 11. The number of sulfonamides is 1. The van der Waals surface area contributed by atoms with Crippen LogP contribution in [0.5, 0.6) is 11.5 Å². The molecule has 35 heavy (non-hydrogen) atoms. The summed E-state index contributed by atoms with van der Waals surface area (Å²) >= 11 is 0. The molecular weight excluding hydrogens is 470 g/mol. The molecule has 3 rings (SSSR count). The highest BCUT2D eigenvalue weighted by Crippen LogP contribution is 2.36. The van der Waals surface area contributed by atoms with E-state index in [1.807, 2.05) is 44.2 Å². The van der Waals surface area contributed by atoms with E-state index in [2.05, 4.69) is 5.32 Å². The molecule has 2 atom stereocenters. The van der Waals surface area contributed by atoms with Crippen molar-refractivity contribution in [2.75, 3.05) is 23.4 Å². The summed E-state index contributed by atoms with van der Waals surface area (Å²) in [6.45, 7) is 6.78. The fourth-order valence-corrected chi connectivity index (χ4v) is 4.64. The van der Waals surface area contributed by atoms with E-state index in [1.54, 1.807) is 25.1 Å². The Bertz CT molecular complexity index is 1140. The molecule has 10 heteroatoms. The second-order valence-corrected chi connectivity index (χ2v) is 10.6. The fraction of sp³-hybridized carbons (Fsp3) is 0.440. The van der Waals surface area contributed by atoms with Gasteiger partial charge in [0.15, 0.2) is 11.5 Å². The summed E-state index contributed by atoms with van der Waals surface area (Å²) in [4.78, 5) is 27.9. The number of nitrogens with zero attached hydrogens (tertiary/aromatic N) is 2. The summed E-state index contributed by atoms with van der Waals surface area (Å²) in [5, 5.41) is 2.91. The zero-order valence-electron chi connectivity index (χ0n) is 20.6. The van der Waals surface area contributed by atoms with Gasteiger partial charge in [0.05, 0.1) is 11.4 Å². The van der Waals surface area contributed by atoms with Gasteiger partial charge in [0.25, 0.3) is 0 Å². The molecule has 1 aliphatic heterocycles. The largest absolute Gasteiger partial charge is 0.454 e. The maximum atomic E-state index is 13.6. The number of nitrogens with one attached hydrogen (secondary N) is 1. The van der Waals surface area contributed by atoms with Gasteiger partial charge in [-0.15, -0.1) is 0 Å². The average Bonchev–Trinajstić information content (AvgIpc) is 3.33. The van der Waals surface area contributed by atoms with E-state index in [0.29, 0.717) is 17.2 Å². The van der Waals surface area contributed by atoms with E-state index in [9.17, 15) is 18.0 Å². The van der Waals surface area contributed by atoms with Crippen LogP contribution in [0.15, 0.2) is 48.5 Å². The normalized spacial score (nSPS) is 14.2. The number of hydrogen-bond donors (Lipinski definition) is 1. The molecular formula is C25H33N3O6S. The van der Waals surface area contributed by atoms with Crippen molar-refractivity contribution in [1.82, 2.24) is 10.2 Å². The van der Waals surface area contributed by atoms with Crippen LogP contribution < -0.4 is 19.1 Å². The lowest BCUT2D eigenvalue weighted by Crippen LogP contribution is -2.52. The van der Waals surface area contributed by atoms with Gasteiger partial charge in [-0.05, 0) is 44.9 Å². The Balaban J connectivity index is 1.92. The van der Waals surface area contributed by atoms with Gasteiger partial charge in [0.2, 0.25) is 28.6 Å². The van der Waals surface area contributed by atoms with E-state index in [0.717, 1.165) is 16.3 Å². The predicted octanol–water partition coefficient (Wildman–Crippen LogP) is 2.90. The molecule has 190 valence electrons. The van der Waals surface area contributed by atoms with Crippen LogP contribution in [0.1, 0.15) is 39.7 Å². The lowest BCUT2D eigenvalue weighted by molar-refractivity contribution is -0.139. The van der Waals surface area contributed by atoms with Crippen molar-refractivity contribution in [1.29, 1.82) is 0 Å². The van der Waals surface area contributed by atoms with Crippen molar-refractivity contribution in [3.63, 3.8) is 0 Å². The molecule has 0 radical (unpaired) electrons. The predicted molar refractivity (Wildman–Crippen MR) is 134 cm³/mol. The number of fused-ring (bicyclic) bond motifs is 1. The minimum absolute atomic E-state index is 0.0475. The van der Waals surface area contributed by atoms with Gasteiger partial charge < -0.3 is 19.7 Å². The van der Waals surface area contributed by atoms with E-state index in [-0.39, 0.29) is 31.0 Å². The summed E-state index contributed by atoms with van der Waals surface area (Å²) in [5.74, 6) is -0.0621. The van der Waals surface area contributed by atoms with Gasteiger partial charge in [-0.25, -0.2) is 8.42 Å². The number of benzene rings is 2. The van der Waals surface area contributed by atoms with Gasteiger partial charge >= 0.3 is 0 Å². The zero-order valence-corrected chi connectivity index (χ0v) is 21.4. The third-order valence-corrected chi connectivity index (χ3v) is 7.73. The summed E-state index contributed by atoms with van der Waals surface area (Å²) in [7, 11) is -3.81. The Morgan fingerprint density at radius 2 is 1.71 bits per heavy atom. The highest BCUT2D eigenvalue weighted by atomic mass is 32.2. The molecule has 2 amide bonds. The SMILES string of the molecule is CC[C@@H](C)NC(=O)[C@@H](C)N(Cc1ccccc1)C(=O)CN(c1ccc2c(c1)OCO2)S(=O)(=O)CC. The van der Waals surface area contributed by atoms with Crippen LogP contribution in [0.4, 0.5) is 5.69 Å². The molecule has 0 spiro atoms. The summed E-state index contributed by atoms with van der Waals surface area (Å²) in [6.07, 6.45) is 0.748. The molecule has 2 aromatic rings. The van der Waals surface area contributed by atoms with Crippen LogP contribution in [0.3, 0.4) is 0 Å². The molecule has 0 bridgehead atoms. The first-order chi connectivity index (χ1) is 16.7. The maximum absolute atomic E-state index is 13.6. The van der Waals surface area contributed by atoms with E-state index in [1.165, 1.54) is 11.8 Å². The van der Waals surface area contributed by atoms with Crippen LogP contribution in [-0.4, -0.2) is 56.3 Å². The molecule has 0 unspecified atom stereocenters. The fourth-order valence-electron chi connectivity index (χ4n) is 3.59. The highest BCUT2D eigenvalue weighted by Gasteiger charge is 2.32. The van der Waals surface area contributed by atoms with Crippen LogP contribution in [0, 0.1) is 0 Å². The molecule has 9 nitrogen and oxygen atoms in total. The minimum Gasteiger partial charge on any atom is -0.454 e. The number of anilines is 1. The first kappa shape index (κ1) is 26.3. The maximum Gasteiger partial charge on any atom is 0.244 e. The van der Waals surface area contributed by atoms with Crippen molar-refractivity contribution in [2.24, 2.45) is 0 Å². The van der Waals surface area contributed by atoms with Gasteiger partial charge in [-0.1, -0.05) is 37.3 Å². The van der Waals surface area contributed by atoms with Gasteiger partial charge in [-0.3, -0.25) is 13.9 Å². The first-order valence-corrected chi connectivity index (χ1v) is 13.3. The lowest BCUT2D eigenvalue weighted by Gasteiger charge is -2.32. The molecule has 0 saturated carbocycles. The molecule has 0 fully saturated rings. The van der Waals surface area contributed by atoms with Crippen LogP contribution in [-0.2, 0) is 26.2 Å². The van der Waals surface area contributed by atoms with Gasteiger partial charge in [0.1, 0.15) is 12.6 Å². The standard InChI is InChI=1S/C25H33N3O6S/c1-5-18(3)26-25(30)19(4)27(15-20-10-8-7-9-11-20)24(29)16-28(35(31,32)6-2)21-12-13-22-23(14-21)34-17-33-22/h7-14,18-19H,5-6,15-17H2,1-4H3,(H,26,30)/t18-,19-/m1/s1. The molecule has 0 aliphatic carbocycles. The van der Waals surface area contributed by atoms with Crippen LogP contribution in [0.25, 0.3) is 0 Å². The number of ether oxygens (including phenoxy) is 2. The molecule has 1 aliphatic rings. The topological polar surface area (TPSA) is 105 Å². The second-order valence-electron chi connectivity index (χ2n) is 8.45. The zero-order chi connectivity index (χ0) is 25.6. The molecule has 0 aromatic heterocycles. The Labute approximate surface area is 207 Å². The second kappa shape index (κ2) is 11.4. The monoisotopic (exact) mass is 503 g/mol. The van der Waals surface area contributed by atoms with Crippen molar-refractivity contribution in [3.05, 3.63) is 54.1 Å². The van der Waals surface area contributed by atoms with Crippen LogP contribution in [0.2, 0.25) is 0 Å². The van der Waals surface area contributed by atoms with Gasteiger partial charge in [-0.2, -0.15) is 0 Å². The third kappa shape index (κ3) is 6.45. The minimum atomic E-state index is -3.81. The molecule has 1 heterocycles. The Morgan fingerprint density at radius 1 is 1.03 bits per heavy atom. The van der Waals surface area contributed by atoms with Crippen LogP contribution >= 0.6 is 0 Å². The number of carbonyl (C=O) groups excluding carboxylic acids is 2. The number of carbonyl (C=O) groups is 2. The molecule has 1 N–H and O–H groups in total. The first-order valence-electron chi connectivity index (χ1n) is 11.7. The molecule has 0 saturated heterocycles. The Hall–Kier alpha value is -3.27. The molecule has 2 aromatic carbocycles. The summed E-state index contributed by atoms with van der Waals surface area (Å²) < 4.78 is 37.8. The van der Waals surface area contributed by atoms with Crippen molar-refractivity contribution >= 4 is 27.5 Å².